The third-order valence-corrected chi connectivity index (χ3v) is 4.61. The molecule has 0 saturated heterocycles. The van der Waals surface area contributed by atoms with Crippen molar-refractivity contribution in [2.45, 2.75) is 32.6 Å². The van der Waals surface area contributed by atoms with Crippen molar-refractivity contribution < 1.29 is 19.0 Å². The number of hydrogen-bond donors (Lipinski definition) is 2. The topological polar surface area (TPSA) is 68.8 Å². The van der Waals surface area contributed by atoms with Gasteiger partial charge in [-0.1, -0.05) is 44.5 Å². The molecule has 0 radical (unpaired) electrons. The average molecular weight is 421 g/mol. The van der Waals surface area contributed by atoms with E-state index in [2.05, 4.69) is 43.5 Å². The van der Waals surface area contributed by atoms with E-state index in [1.165, 1.54) is 19.8 Å². The largest absolute Gasteiger partial charge is 0.495 e. The van der Waals surface area contributed by atoms with Crippen LogP contribution in [0, 0.1) is 0 Å². The van der Waals surface area contributed by atoms with Crippen molar-refractivity contribution in [3.05, 3.63) is 47.0 Å². The Kier molecular flexibility index (Phi) is 8.02. The maximum Gasteiger partial charge on any atom is 0.319 e. The minimum atomic E-state index is -0.345. The molecule has 0 fully saturated rings. The first kappa shape index (κ1) is 22.7. The second kappa shape index (κ2) is 10.3. The minimum absolute atomic E-state index is 0.118. The van der Waals surface area contributed by atoms with Gasteiger partial charge in [-0.25, -0.2) is 4.79 Å². The van der Waals surface area contributed by atoms with Crippen LogP contribution in [0.25, 0.3) is 0 Å². The predicted octanol–water partition coefficient (Wildman–Crippen LogP) is 5.25. The molecule has 0 heterocycles. The van der Waals surface area contributed by atoms with Crippen LogP contribution in [0.15, 0.2) is 36.4 Å². The molecule has 0 unspecified atom stereocenters. The molecule has 2 rings (SSSR count). The molecule has 7 heteroatoms. The summed E-state index contributed by atoms with van der Waals surface area (Å²) >= 11 is 6.07. The lowest BCUT2D eigenvalue weighted by Crippen LogP contribution is -2.30. The van der Waals surface area contributed by atoms with Crippen LogP contribution in [0.3, 0.4) is 0 Å². The maximum atomic E-state index is 12.1. The molecule has 0 aliphatic carbocycles. The van der Waals surface area contributed by atoms with Crippen molar-refractivity contribution in [2.24, 2.45) is 0 Å². The Labute approximate surface area is 177 Å². The molecular formula is C22H29ClN2O4. The first-order valence-electron chi connectivity index (χ1n) is 9.44. The minimum Gasteiger partial charge on any atom is -0.495 e. The fourth-order valence-electron chi connectivity index (χ4n) is 2.64. The standard InChI is InChI=1S/C22H29ClN2O4/c1-22(2,3)15-7-9-16(10-8-15)29-12-6-11-24-21(26)25-18-14-19(27-4)17(23)13-20(18)28-5/h7-10,13-14H,6,11-12H2,1-5H3,(H2,24,25,26). The van der Waals surface area contributed by atoms with Crippen LogP contribution < -0.4 is 24.8 Å². The van der Waals surface area contributed by atoms with Crippen LogP contribution in [0.4, 0.5) is 10.5 Å². The van der Waals surface area contributed by atoms with Crippen LogP contribution in [0.2, 0.25) is 5.02 Å². The van der Waals surface area contributed by atoms with Gasteiger partial charge in [0.25, 0.3) is 0 Å². The number of anilines is 1. The van der Waals surface area contributed by atoms with Gasteiger partial charge in [-0.3, -0.25) is 0 Å². The van der Waals surface area contributed by atoms with E-state index in [-0.39, 0.29) is 11.4 Å². The van der Waals surface area contributed by atoms with E-state index < -0.39 is 0 Å². The highest BCUT2D eigenvalue weighted by atomic mass is 35.5. The highest BCUT2D eigenvalue weighted by Gasteiger charge is 2.13. The van der Waals surface area contributed by atoms with Gasteiger partial charge in [-0.05, 0) is 29.5 Å². The summed E-state index contributed by atoms with van der Waals surface area (Å²) in [6.07, 6.45) is 0.676. The van der Waals surface area contributed by atoms with Crippen molar-refractivity contribution >= 4 is 23.3 Å². The van der Waals surface area contributed by atoms with Crippen molar-refractivity contribution in [1.29, 1.82) is 0 Å². The first-order valence-corrected chi connectivity index (χ1v) is 9.82. The lowest BCUT2D eigenvalue weighted by atomic mass is 9.87. The van der Waals surface area contributed by atoms with E-state index in [1.807, 2.05) is 12.1 Å². The molecule has 158 valence electrons. The van der Waals surface area contributed by atoms with Crippen LogP contribution in [0.1, 0.15) is 32.8 Å². The van der Waals surface area contributed by atoms with Crippen molar-refractivity contribution in [3.8, 4) is 17.2 Å². The van der Waals surface area contributed by atoms with E-state index in [0.29, 0.717) is 41.8 Å². The van der Waals surface area contributed by atoms with Crippen LogP contribution in [0.5, 0.6) is 17.2 Å². The number of ether oxygens (including phenoxy) is 3. The van der Waals surface area contributed by atoms with Gasteiger partial charge in [0.15, 0.2) is 0 Å². The fourth-order valence-corrected chi connectivity index (χ4v) is 2.87. The molecule has 2 aromatic carbocycles. The summed E-state index contributed by atoms with van der Waals surface area (Å²) in [6, 6.07) is 11.0. The lowest BCUT2D eigenvalue weighted by Gasteiger charge is -2.19. The Morgan fingerprint density at radius 1 is 1.03 bits per heavy atom. The third-order valence-electron chi connectivity index (χ3n) is 4.32. The second-order valence-electron chi connectivity index (χ2n) is 7.54. The molecule has 0 bridgehead atoms. The number of benzene rings is 2. The van der Waals surface area contributed by atoms with E-state index in [9.17, 15) is 4.79 Å². The van der Waals surface area contributed by atoms with E-state index in [0.717, 1.165) is 5.75 Å². The molecule has 2 aromatic rings. The van der Waals surface area contributed by atoms with E-state index >= 15 is 0 Å². The van der Waals surface area contributed by atoms with Gasteiger partial charge in [0.05, 0.1) is 31.5 Å². The Morgan fingerprint density at radius 2 is 1.69 bits per heavy atom. The Bertz CT molecular complexity index is 817. The molecule has 0 aliphatic heterocycles. The fraction of sp³-hybridized carbons (Fsp3) is 0.409. The Balaban J connectivity index is 1.76. The molecular weight excluding hydrogens is 392 g/mol. The predicted molar refractivity (Wildman–Crippen MR) is 117 cm³/mol. The highest BCUT2D eigenvalue weighted by molar-refractivity contribution is 6.32. The number of nitrogens with one attached hydrogen (secondary N) is 2. The number of rotatable bonds is 8. The van der Waals surface area contributed by atoms with Gasteiger partial charge in [-0.2, -0.15) is 0 Å². The number of amides is 2. The van der Waals surface area contributed by atoms with Crippen LogP contribution >= 0.6 is 11.6 Å². The molecule has 6 nitrogen and oxygen atoms in total. The van der Waals surface area contributed by atoms with Gasteiger partial charge in [0.2, 0.25) is 0 Å². The van der Waals surface area contributed by atoms with Gasteiger partial charge < -0.3 is 24.8 Å². The summed E-state index contributed by atoms with van der Waals surface area (Å²) in [6.45, 7) is 7.51. The normalized spacial score (nSPS) is 11.0. The quantitative estimate of drug-likeness (QED) is 0.572. The van der Waals surface area contributed by atoms with Crippen LogP contribution in [-0.4, -0.2) is 33.4 Å². The first-order chi connectivity index (χ1) is 13.7. The third kappa shape index (κ3) is 6.75. The zero-order chi connectivity index (χ0) is 21.4. The molecule has 0 aromatic heterocycles. The number of carbonyl (C=O) groups excluding carboxylic acids is 1. The average Bonchev–Trinajstić information content (AvgIpc) is 2.68. The molecule has 2 amide bonds. The molecule has 0 atom stereocenters. The van der Waals surface area contributed by atoms with Gasteiger partial charge >= 0.3 is 6.03 Å². The van der Waals surface area contributed by atoms with Crippen molar-refractivity contribution in [2.75, 3.05) is 32.7 Å². The monoisotopic (exact) mass is 420 g/mol. The van der Waals surface area contributed by atoms with Crippen molar-refractivity contribution in [3.63, 3.8) is 0 Å². The summed E-state index contributed by atoms with van der Waals surface area (Å²) < 4.78 is 16.1. The number of halogens is 1. The van der Waals surface area contributed by atoms with Gasteiger partial charge in [-0.15, -0.1) is 0 Å². The summed E-state index contributed by atoms with van der Waals surface area (Å²) in [5.74, 6) is 1.72. The lowest BCUT2D eigenvalue weighted by molar-refractivity contribution is 0.250. The molecule has 0 aliphatic rings. The molecule has 0 spiro atoms. The summed E-state index contributed by atoms with van der Waals surface area (Å²) in [7, 11) is 3.01. The molecule has 29 heavy (non-hydrogen) atoms. The van der Waals surface area contributed by atoms with Crippen molar-refractivity contribution in [1.82, 2.24) is 5.32 Å². The SMILES string of the molecule is COc1cc(NC(=O)NCCCOc2ccc(C(C)(C)C)cc2)c(OC)cc1Cl. The smallest absolute Gasteiger partial charge is 0.319 e. The van der Waals surface area contributed by atoms with E-state index in [1.54, 1.807) is 12.1 Å². The number of carbonyl (C=O) groups is 1. The number of methoxy groups -OCH3 is 2. The van der Waals surface area contributed by atoms with Crippen LogP contribution in [-0.2, 0) is 5.41 Å². The number of hydrogen-bond acceptors (Lipinski definition) is 4. The Hall–Kier alpha value is -2.60. The number of urea groups is 1. The highest BCUT2D eigenvalue weighted by Crippen LogP contribution is 2.35. The zero-order valence-electron chi connectivity index (χ0n) is 17.6. The summed E-state index contributed by atoms with van der Waals surface area (Å²) in [5, 5.41) is 5.93. The van der Waals surface area contributed by atoms with Gasteiger partial charge in [0.1, 0.15) is 17.2 Å². The molecule has 0 saturated carbocycles. The summed E-state index contributed by atoms with van der Waals surface area (Å²) in [5.41, 5.74) is 1.85. The second-order valence-corrected chi connectivity index (χ2v) is 7.95. The summed E-state index contributed by atoms with van der Waals surface area (Å²) in [4.78, 5) is 12.1. The van der Waals surface area contributed by atoms with Gasteiger partial charge in [0, 0.05) is 18.7 Å². The molecule has 2 N–H and O–H groups in total. The Morgan fingerprint density at radius 3 is 2.28 bits per heavy atom. The van der Waals surface area contributed by atoms with E-state index in [4.69, 9.17) is 25.8 Å². The maximum absolute atomic E-state index is 12.1. The zero-order valence-corrected chi connectivity index (χ0v) is 18.4.